The molecule has 19 heavy (non-hydrogen) atoms. The summed E-state index contributed by atoms with van der Waals surface area (Å²) in [5, 5.41) is 0. The molecule has 0 fully saturated rings. The minimum atomic E-state index is -0.590. The molecule has 2 N–H and O–H groups in total. The van der Waals surface area contributed by atoms with Crippen molar-refractivity contribution in [3.63, 3.8) is 0 Å². The van der Waals surface area contributed by atoms with E-state index in [-0.39, 0.29) is 23.9 Å². The Morgan fingerprint density at radius 1 is 1.53 bits per heavy atom. The average molecular weight is 263 g/mol. The highest BCUT2D eigenvalue weighted by Crippen LogP contribution is 2.22. The average Bonchev–Trinajstić information content (AvgIpc) is 2.75. The van der Waals surface area contributed by atoms with E-state index in [0.29, 0.717) is 11.3 Å². The van der Waals surface area contributed by atoms with Crippen molar-refractivity contribution in [1.82, 2.24) is 9.55 Å². The number of hydrogen-bond acceptors (Lipinski definition) is 4. The molecule has 0 aliphatic carbocycles. The van der Waals surface area contributed by atoms with Gasteiger partial charge in [-0.15, -0.1) is 0 Å². The van der Waals surface area contributed by atoms with Crippen molar-refractivity contribution in [2.24, 2.45) is 0 Å². The van der Waals surface area contributed by atoms with E-state index < -0.39 is 5.97 Å². The molecule has 0 aliphatic rings. The summed E-state index contributed by atoms with van der Waals surface area (Å²) >= 11 is 0. The molecule has 1 heterocycles. The zero-order valence-corrected chi connectivity index (χ0v) is 10.7. The number of rotatable bonds is 3. The summed E-state index contributed by atoms with van der Waals surface area (Å²) in [5.41, 5.74) is 6.87. The molecular formula is C13H14FN3O2. The molecule has 0 saturated carbocycles. The van der Waals surface area contributed by atoms with Gasteiger partial charge in [-0.05, 0) is 26.0 Å². The Labute approximate surface area is 109 Å². The van der Waals surface area contributed by atoms with Gasteiger partial charge in [0, 0.05) is 5.56 Å². The van der Waals surface area contributed by atoms with Crippen LogP contribution >= 0.6 is 0 Å². The molecule has 5 nitrogen and oxygen atoms in total. The predicted octanol–water partition coefficient (Wildman–Crippen LogP) is 2.08. The van der Waals surface area contributed by atoms with Crippen molar-refractivity contribution in [2.75, 3.05) is 12.3 Å². The predicted molar refractivity (Wildman–Crippen MR) is 68.6 cm³/mol. The molecule has 0 atom stereocenters. The number of aromatic nitrogens is 2. The van der Waals surface area contributed by atoms with Gasteiger partial charge in [-0.2, -0.15) is 0 Å². The van der Waals surface area contributed by atoms with Gasteiger partial charge in [-0.25, -0.2) is 14.2 Å². The molecule has 100 valence electrons. The topological polar surface area (TPSA) is 70.1 Å². The fourth-order valence-corrected chi connectivity index (χ4v) is 1.76. The number of nitrogens with two attached hydrogens (primary N) is 1. The monoisotopic (exact) mass is 263 g/mol. The molecular weight excluding hydrogens is 249 g/mol. The first-order valence-electron chi connectivity index (χ1n) is 5.81. The third kappa shape index (κ3) is 2.29. The van der Waals surface area contributed by atoms with Crippen LogP contribution in [0.2, 0.25) is 0 Å². The maximum atomic E-state index is 13.5. The van der Waals surface area contributed by atoms with Gasteiger partial charge < -0.3 is 10.5 Å². The van der Waals surface area contributed by atoms with Gasteiger partial charge in [0.15, 0.2) is 5.69 Å². The van der Waals surface area contributed by atoms with Crippen LogP contribution in [0.15, 0.2) is 24.5 Å². The Bertz CT molecular complexity index is 622. The van der Waals surface area contributed by atoms with Crippen LogP contribution in [0.1, 0.15) is 23.0 Å². The molecule has 0 bridgehead atoms. The SMILES string of the molecule is CCOC(=O)c1ncn(-c2cccc(F)c2C)c1N. The molecule has 2 aromatic rings. The summed E-state index contributed by atoms with van der Waals surface area (Å²) < 4.78 is 19.8. The lowest BCUT2D eigenvalue weighted by atomic mass is 10.2. The first-order valence-corrected chi connectivity index (χ1v) is 5.81. The van der Waals surface area contributed by atoms with Crippen molar-refractivity contribution in [2.45, 2.75) is 13.8 Å². The van der Waals surface area contributed by atoms with E-state index in [2.05, 4.69) is 4.98 Å². The van der Waals surface area contributed by atoms with Crippen LogP contribution in [0.25, 0.3) is 5.69 Å². The zero-order valence-electron chi connectivity index (χ0n) is 10.7. The van der Waals surface area contributed by atoms with Gasteiger partial charge in [-0.1, -0.05) is 6.07 Å². The highest BCUT2D eigenvalue weighted by molar-refractivity contribution is 5.92. The van der Waals surface area contributed by atoms with E-state index in [0.717, 1.165) is 0 Å². The van der Waals surface area contributed by atoms with Crippen LogP contribution < -0.4 is 5.73 Å². The summed E-state index contributed by atoms with van der Waals surface area (Å²) in [4.78, 5) is 15.5. The summed E-state index contributed by atoms with van der Waals surface area (Å²) in [6, 6.07) is 4.63. The lowest BCUT2D eigenvalue weighted by molar-refractivity contribution is 0.0521. The zero-order chi connectivity index (χ0) is 14.0. The first-order chi connectivity index (χ1) is 9.06. The van der Waals surface area contributed by atoms with Crippen LogP contribution in [0, 0.1) is 12.7 Å². The van der Waals surface area contributed by atoms with Gasteiger partial charge in [-0.3, -0.25) is 4.57 Å². The van der Waals surface area contributed by atoms with Gasteiger partial charge in [0.25, 0.3) is 0 Å². The highest BCUT2D eigenvalue weighted by Gasteiger charge is 2.18. The second-order valence-corrected chi connectivity index (χ2v) is 3.95. The number of ether oxygens (including phenoxy) is 1. The van der Waals surface area contributed by atoms with Gasteiger partial charge in [0.05, 0.1) is 12.3 Å². The van der Waals surface area contributed by atoms with Gasteiger partial charge >= 0.3 is 5.97 Å². The van der Waals surface area contributed by atoms with E-state index in [1.165, 1.54) is 17.0 Å². The Balaban J connectivity index is 2.48. The standard InChI is InChI=1S/C13H14FN3O2/c1-3-19-13(18)11-12(15)17(7-16-11)10-6-4-5-9(14)8(10)2/h4-7H,3,15H2,1-2H3. The number of esters is 1. The molecule has 0 unspecified atom stereocenters. The number of anilines is 1. The van der Waals surface area contributed by atoms with Crippen molar-refractivity contribution >= 4 is 11.8 Å². The normalized spacial score (nSPS) is 10.5. The second kappa shape index (κ2) is 5.09. The summed E-state index contributed by atoms with van der Waals surface area (Å²) in [6.07, 6.45) is 1.38. The van der Waals surface area contributed by atoms with Gasteiger partial charge in [0.1, 0.15) is 18.0 Å². The van der Waals surface area contributed by atoms with Crippen molar-refractivity contribution in [3.8, 4) is 5.69 Å². The van der Waals surface area contributed by atoms with Crippen LogP contribution in [-0.4, -0.2) is 22.1 Å². The third-order valence-corrected chi connectivity index (χ3v) is 2.77. The number of benzene rings is 1. The minimum Gasteiger partial charge on any atom is -0.461 e. The maximum Gasteiger partial charge on any atom is 0.360 e. The van der Waals surface area contributed by atoms with Crippen LogP contribution in [0.5, 0.6) is 0 Å². The third-order valence-electron chi connectivity index (χ3n) is 2.77. The quantitative estimate of drug-likeness (QED) is 0.861. The van der Waals surface area contributed by atoms with Crippen LogP contribution in [0.4, 0.5) is 10.2 Å². The molecule has 0 saturated heterocycles. The van der Waals surface area contributed by atoms with Crippen molar-refractivity contribution in [1.29, 1.82) is 0 Å². The highest BCUT2D eigenvalue weighted by atomic mass is 19.1. The molecule has 0 spiro atoms. The fraction of sp³-hybridized carbons (Fsp3) is 0.231. The second-order valence-electron chi connectivity index (χ2n) is 3.95. The Kier molecular flexibility index (Phi) is 3.50. The minimum absolute atomic E-state index is 0.0329. The number of hydrogen-bond donors (Lipinski definition) is 1. The van der Waals surface area contributed by atoms with Crippen LogP contribution in [-0.2, 0) is 4.74 Å². The van der Waals surface area contributed by atoms with Crippen LogP contribution in [0.3, 0.4) is 0 Å². The number of nitrogen functional groups attached to an aromatic ring is 1. The Morgan fingerprint density at radius 3 is 2.95 bits per heavy atom. The number of carbonyl (C=O) groups excluding carboxylic acids is 1. The van der Waals surface area contributed by atoms with E-state index in [4.69, 9.17) is 10.5 Å². The van der Waals surface area contributed by atoms with E-state index >= 15 is 0 Å². The fourth-order valence-electron chi connectivity index (χ4n) is 1.76. The van der Waals surface area contributed by atoms with Crippen molar-refractivity contribution in [3.05, 3.63) is 41.6 Å². The Morgan fingerprint density at radius 2 is 2.26 bits per heavy atom. The Hall–Kier alpha value is -2.37. The number of nitrogens with zero attached hydrogens (tertiary/aromatic N) is 2. The molecule has 0 radical (unpaired) electrons. The summed E-state index contributed by atoms with van der Waals surface area (Å²) in [7, 11) is 0. The lowest BCUT2D eigenvalue weighted by Gasteiger charge is -2.09. The maximum absolute atomic E-state index is 13.5. The van der Waals surface area contributed by atoms with E-state index in [1.807, 2.05) is 0 Å². The van der Waals surface area contributed by atoms with E-state index in [9.17, 15) is 9.18 Å². The summed E-state index contributed by atoms with van der Waals surface area (Å²) in [5.74, 6) is -0.803. The number of imidazole rings is 1. The number of halogens is 1. The molecule has 0 aliphatic heterocycles. The lowest BCUT2D eigenvalue weighted by Crippen LogP contribution is -2.10. The summed E-state index contributed by atoms with van der Waals surface area (Å²) in [6.45, 7) is 3.57. The molecule has 1 aromatic heterocycles. The first kappa shape index (κ1) is 13.1. The largest absolute Gasteiger partial charge is 0.461 e. The molecule has 2 rings (SSSR count). The van der Waals surface area contributed by atoms with Crippen molar-refractivity contribution < 1.29 is 13.9 Å². The smallest absolute Gasteiger partial charge is 0.360 e. The molecule has 0 amide bonds. The molecule has 6 heteroatoms. The van der Waals surface area contributed by atoms with E-state index in [1.54, 1.807) is 26.0 Å². The molecule has 1 aromatic carbocycles. The van der Waals surface area contributed by atoms with Gasteiger partial charge in [0.2, 0.25) is 0 Å². The number of carbonyl (C=O) groups is 1.